The number of para-hydroxylation sites is 1. The SMILES string of the molecule is CCCCCCCCCCCCCCCCOC(=O)[C@H](Cc1ccccc1)NP(=O)(Cl)Oc1ccccc1. The molecule has 2 rings (SSSR count). The van der Waals surface area contributed by atoms with E-state index in [0.717, 1.165) is 24.8 Å². The highest BCUT2D eigenvalue weighted by atomic mass is 35.7. The van der Waals surface area contributed by atoms with Crippen LogP contribution in [-0.2, 0) is 20.5 Å². The quantitative estimate of drug-likeness (QED) is 0.0877. The average molecular weight is 564 g/mol. The Hall–Kier alpha value is -1.81. The third kappa shape index (κ3) is 15.6. The molecule has 2 aromatic carbocycles. The van der Waals surface area contributed by atoms with Gasteiger partial charge in [0.25, 0.3) is 0 Å². The van der Waals surface area contributed by atoms with Crippen molar-refractivity contribution in [2.45, 2.75) is 109 Å². The van der Waals surface area contributed by atoms with Crippen molar-refractivity contribution in [3.05, 3.63) is 66.2 Å². The van der Waals surface area contributed by atoms with Gasteiger partial charge in [-0.05, 0) is 30.5 Å². The Morgan fingerprint density at radius 3 is 1.76 bits per heavy atom. The van der Waals surface area contributed by atoms with Gasteiger partial charge >= 0.3 is 12.8 Å². The molecule has 2 aromatic rings. The first-order chi connectivity index (χ1) is 18.5. The zero-order chi connectivity index (χ0) is 27.3. The lowest BCUT2D eigenvalue weighted by molar-refractivity contribution is -0.145. The number of halogens is 1. The molecule has 1 unspecified atom stereocenters. The van der Waals surface area contributed by atoms with Gasteiger partial charge in [-0.1, -0.05) is 139 Å². The molecule has 2 atom stereocenters. The Balaban J connectivity index is 1.64. The van der Waals surface area contributed by atoms with E-state index in [0.29, 0.717) is 18.8 Å². The summed E-state index contributed by atoms with van der Waals surface area (Å²) in [5.74, 6) is -0.103. The number of carbonyl (C=O) groups excluding carboxylic acids is 1. The number of nitrogens with one attached hydrogen (secondary N) is 1. The molecule has 1 N–H and O–H groups in total. The molecule has 0 aliphatic rings. The fourth-order valence-electron chi connectivity index (χ4n) is 4.43. The van der Waals surface area contributed by atoms with Gasteiger partial charge in [0.1, 0.15) is 11.8 Å². The van der Waals surface area contributed by atoms with Crippen LogP contribution in [-0.4, -0.2) is 18.6 Å². The molecule has 7 heteroatoms. The number of hydrogen-bond acceptors (Lipinski definition) is 4. The van der Waals surface area contributed by atoms with Crippen molar-refractivity contribution in [3.63, 3.8) is 0 Å². The molecule has 0 saturated heterocycles. The lowest BCUT2D eigenvalue weighted by Crippen LogP contribution is -2.38. The lowest BCUT2D eigenvalue weighted by Gasteiger charge is -2.21. The Morgan fingerprint density at radius 1 is 0.763 bits per heavy atom. The molecule has 0 saturated carbocycles. The van der Waals surface area contributed by atoms with Crippen molar-refractivity contribution in [1.82, 2.24) is 5.09 Å². The molecule has 0 radical (unpaired) electrons. The normalized spacial score (nSPS) is 13.5. The molecule has 0 heterocycles. The van der Waals surface area contributed by atoms with E-state index in [1.54, 1.807) is 24.3 Å². The fraction of sp³-hybridized carbons (Fsp3) is 0.581. The van der Waals surface area contributed by atoms with Crippen LogP contribution in [0.25, 0.3) is 0 Å². The van der Waals surface area contributed by atoms with Crippen molar-refractivity contribution >= 4 is 24.1 Å². The van der Waals surface area contributed by atoms with Gasteiger partial charge < -0.3 is 9.26 Å². The highest BCUT2D eigenvalue weighted by Crippen LogP contribution is 2.48. The minimum atomic E-state index is -3.81. The average Bonchev–Trinajstić information content (AvgIpc) is 2.91. The van der Waals surface area contributed by atoms with Gasteiger partial charge in [-0.15, -0.1) is 0 Å². The Kier molecular flexibility index (Phi) is 17.2. The summed E-state index contributed by atoms with van der Waals surface area (Å²) in [5.41, 5.74) is 0.912. The van der Waals surface area contributed by atoms with E-state index < -0.39 is 18.9 Å². The second-order valence-corrected chi connectivity index (χ2v) is 12.8. The summed E-state index contributed by atoms with van der Waals surface area (Å²) in [6.45, 7) is -1.21. The standard InChI is InChI=1S/C31H47ClNO4P/c1-2-3-4-5-6-7-8-9-10-11-12-13-14-21-26-36-31(34)30(27-28-22-17-15-18-23-28)33-38(32,35)37-29-24-19-16-20-25-29/h15-20,22-25,30H,2-14,21,26-27H2,1H3,(H,33,35)/t30-,38?/m0/s1. The van der Waals surface area contributed by atoms with Crippen molar-refractivity contribution in [3.8, 4) is 5.75 Å². The summed E-state index contributed by atoms with van der Waals surface area (Å²) in [6.07, 6.45) is 18.1. The van der Waals surface area contributed by atoms with Crippen LogP contribution in [0.2, 0.25) is 0 Å². The van der Waals surface area contributed by atoms with E-state index in [2.05, 4.69) is 12.0 Å². The van der Waals surface area contributed by atoms with Gasteiger partial charge in [-0.2, -0.15) is 0 Å². The Labute approximate surface area is 235 Å². The van der Waals surface area contributed by atoms with E-state index in [9.17, 15) is 9.36 Å². The Bertz CT molecular complexity index is 913. The lowest BCUT2D eigenvalue weighted by atomic mass is 10.0. The number of carbonyl (C=O) groups is 1. The molecule has 0 amide bonds. The van der Waals surface area contributed by atoms with Crippen LogP contribution in [0.1, 0.15) is 102 Å². The predicted molar refractivity (Wildman–Crippen MR) is 159 cm³/mol. The summed E-state index contributed by atoms with van der Waals surface area (Å²) in [4.78, 5) is 12.9. The third-order valence-corrected chi connectivity index (χ3v) is 8.15. The van der Waals surface area contributed by atoms with Crippen LogP contribution in [0, 0.1) is 0 Å². The van der Waals surface area contributed by atoms with Crippen LogP contribution < -0.4 is 9.61 Å². The summed E-state index contributed by atoms with van der Waals surface area (Å²) < 4.78 is 23.9. The van der Waals surface area contributed by atoms with Gasteiger partial charge in [-0.25, -0.2) is 9.65 Å². The number of hydrogen-bond donors (Lipinski definition) is 1. The topological polar surface area (TPSA) is 64.6 Å². The van der Waals surface area contributed by atoms with E-state index in [-0.39, 0.29) is 0 Å². The Morgan fingerprint density at radius 2 is 1.24 bits per heavy atom. The van der Waals surface area contributed by atoms with Crippen molar-refractivity contribution in [2.75, 3.05) is 6.61 Å². The van der Waals surface area contributed by atoms with Gasteiger partial charge in [0, 0.05) is 11.2 Å². The van der Waals surface area contributed by atoms with Gasteiger partial charge in [0.2, 0.25) is 0 Å². The van der Waals surface area contributed by atoms with Crippen LogP contribution >= 0.6 is 18.1 Å². The monoisotopic (exact) mass is 563 g/mol. The highest BCUT2D eigenvalue weighted by Gasteiger charge is 2.31. The second kappa shape index (κ2) is 20.1. The van der Waals surface area contributed by atoms with E-state index >= 15 is 0 Å². The zero-order valence-electron chi connectivity index (χ0n) is 23.1. The number of ether oxygens (including phenoxy) is 1. The zero-order valence-corrected chi connectivity index (χ0v) is 24.8. The minimum absolute atomic E-state index is 0.299. The maximum atomic E-state index is 12.9. The number of unbranched alkanes of at least 4 members (excludes halogenated alkanes) is 13. The third-order valence-electron chi connectivity index (χ3n) is 6.59. The van der Waals surface area contributed by atoms with Gasteiger partial charge in [-0.3, -0.25) is 4.79 Å². The van der Waals surface area contributed by atoms with E-state index in [1.807, 2.05) is 36.4 Å². The summed E-state index contributed by atoms with van der Waals surface area (Å²) in [5, 5.41) is 2.72. The molecule has 0 fully saturated rings. The first-order valence-corrected chi connectivity index (χ1v) is 17.1. The fourth-order valence-corrected chi connectivity index (χ4v) is 6.04. The van der Waals surface area contributed by atoms with E-state index in [1.165, 1.54) is 70.6 Å². The maximum Gasteiger partial charge on any atom is 0.409 e. The number of benzene rings is 2. The van der Waals surface area contributed by atoms with Crippen LogP contribution in [0.15, 0.2) is 60.7 Å². The highest BCUT2D eigenvalue weighted by molar-refractivity contribution is 7.84. The van der Waals surface area contributed by atoms with Crippen molar-refractivity contribution in [1.29, 1.82) is 0 Å². The summed E-state index contributed by atoms with van der Waals surface area (Å²) >= 11 is 6.19. The van der Waals surface area contributed by atoms with Crippen molar-refractivity contribution < 1.29 is 18.6 Å². The van der Waals surface area contributed by atoms with Gasteiger partial charge in [0.15, 0.2) is 0 Å². The molecule has 0 aliphatic heterocycles. The first-order valence-electron chi connectivity index (χ1n) is 14.5. The van der Waals surface area contributed by atoms with Crippen LogP contribution in [0.3, 0.4) is 0 Å². The van der Waals surface area contributed by atoms with Gasteiger partial charge in [0.05, 0.1) is 6.61 Å². The number of rotatable bonds is 22. The largest absolute Gasteiger partial charge is 0.465 e. The molecule has 5 nitrogen and oxygen atoms in total. The molecular weight excluding hydrogens is 517 g/mol. The molecule has 0 bridgehead atoms. The van der Waals surface area contributed by atoms with Crippen molar-refractivity contribution in [2.24, 2.45) is 0 Å². The summed E-state index contributed by atoms with van der Waals surface area (Å²) in [7, 11) is 0. The van der Waals surface area contributed by atoms with Crippen LogP contribution in [0.4, 0.5) is 0 Å². The molecule has 38 heavy (non-hydrogen) atoms. The van der Waals surface area contributed by atoms with E-state index in [4.69, 9.17) is 20.5 Å². The molecule has 0 spiro atoms. The number of esters is 1. The molecular formula is C31H47ClNO4P. The maximum absolute atomic E-state index is 12.9. The second-order valence-electron chi connectivity index (χ2n) is 10.0. The van der Waals surface area contributed by atoms with Crippen LogP contribution in [0.5, 0.6) is 5.75 Å². The first kappa shape index (κ1) is 32.4. The smallest absolute Gasteiger partial charge is 0.409 e. The molecule has 212 valence electrons. The summed E-state index contributed by atoms with van der Waals surface area (Å²) in [6, 6.07) is 17.3. The molecule has 0 aliphatic carbocycles. The molecule has 0 aromatic heterocycles. The predicted octanol–water partition coefficient (Wildman–Crippen LogP) is 9.64. The minimum Gasteiger partial charge on any atom is -0.465 e.